The standard InChI is InChI=1S/C25H23ClN2O3S/c1-2-31-22-6-4-3-5-21(22)27-24(30)18-9-11-19(12-10-18)25-28(23(29)16-32-25)15-17-7-13-20(26)14-8-17/h3-14,25H,2,15-16H2,1H3,(H,27,30)/t25-/m0/s1. The zero-order chi connectivity index (χ0) is 22.5. The van der Waals surface area contributed by atoms with Crippen molar-refractivity contribution in [3.05, 3.63) is 94.5 Å². The van der Waals surface area contributed by atoms with Crippen LogP contribution in [0.25, 0.3) is 0 Å². The number of carbonyl (C=O) groups excluding carboxylic acids is 2. The first-order valence-electron chi connectivity index (χ1n) is 10.3. The Kier molecular flexibility index (Phi) is 7.02. The van der Waals surface area contributed by atoms with Gasteiger partial charge >= 0.3 is 0 Å². The molecule has 1 heterocycles. The van der Waals surface area contributed by atoms with Crippen molar-refractivity contribution in [2.24, 2.45) is 0 Å². The lowest BCUT2D eigenvalue weighted by molar-refractivity contribution is -0.128. The van der Waals surface area contributed by atoms with Crippen molar-refractivity contribution in [1.29, 1.82) is 0 Å². The molecule has 4 rings (SSSR count). The van der Waals surface area contributed by atoms with Gasteiger partial charge in [-0.3, -0.25) is 9.59 Å². The number of nitrogens with one attached hydrogen (secondary N) is 1. The molecule has 0 spiro atoms. The summed E-state index contributed by atoms with van der Waals surface area (Å²) in [7, 11) is 0. The summed E-state index contributed by atoms with van der Waals surface area (Å²) in [5.41, 5.74) is 3.19. The molecule has 0 saturated carbocycles. The van der Waals surface area contributed by atoms with E-state index in [-0.39, 0.29) is 17.2 Å². The Morgan fingerprint density at radius 1 is 1.09 bits per heavy atom. The number of anilines is 1. The maximum Gasteiger partial charge on any atom is 0.255 e. The van der Waals surface area contributed by atoms with Gasteiger partial charge in [-0.25, -0.2) is 0 Å². The highest BCUT2D eigenvalue weighted by molar-refractivity contribution is 8.00. The third-order valence-electron chi connectivity index (χ3n) is 5.13. The minimum Gasteiger partial charge on any atom is -0.492 e. The van der Waals surface area contributed by atoms with E-state index in [1.807, 2.05) is 72.5 Å². The lowest BCUT2D eigenvalue weighted by atomic mass is 10.1. The summed E-state index contributed by atoms with van der Waals surface area (Å²) in [5.74, 6) is 0.967. The van der Waals surface area contributed by atoms with Crippen LogP contribution in [0.3, 0.4) is 0 Å². The molecular formula is C25H23ClN2O3S. The molecule has 1 fully saturated rings. The summed E-state index contributed by atoms with van der Waals surface area (Å²) in [6, 6.07) is 22.3. The zero-order valence-corrected chi connectivity index (χ0v) is 19.2. The van der Waals surface area contributed by atoms with E-state index in [1.165, 1.54) is 0 Å². The maximum absolute atomic E-state index is 12.7. The highest BCUT2D eigenvalue weighted by Crippen LogP contribution is 2.39. The van der Waals surface area contributed by atoms with Crippen molar-refractivity contribution in [3.63, 3.8) is 0 Å². The Morgan fingerprint density at radius 3 is 2.53 bits per heavy atom. The molecule has 2 amide bonds. The number of amides is 2. The Morgan fingerprint density at radius 2 is 1.81 bits per heavy atom. The first-order valence-corrected chi connectivity index (χ1v) is 11.8. The van der Waals surface area contributed by atoms with Crippen LogP contribution in [0, 0.1) is 0 Å². The van der Waals surface area contributed by atoms with E-state index in [4.69, 9.17) is 16.3 Å². The molecular weight excluding hydrogens is 444 g/mol. The van der Waals surface area contributed by atoms with Crippen molar-refractivity contribution in [3.8, 4) is 5.75 Å². The van der Waals surface area contributed by atoms with Crippen molar-refractivity contribution in [2.75, 3.05) is 17.7 Å². The average Bonchev–Trinajstić information content (AvgIpc) is 3.17. The van der Waals surface area contributed by atoms with Gasteiger partial charge < -0.3 is 15.0 Å². The molecule has 0 bridgehead atoms. The molecule has 0 unspecified atom stereocenters. The van der Waals surface area contributed by atoms with Gasteiger partial charge in [-0.05, 0) is 54.4 Å². The fourth-order valence-corrected chi connectivity index (χ4v) is 4.85. The molecule has 1 aliphatic rings. The van der Waals surface area contributed by atoms with Crippen LogP contribution in [0.1, 0.15) is 33.8 Å². The van der Waals surface area contributed by atoms with Gasteiger partial charge in [0.05, 0.1) is 18.0 Å². The predicted molar refractivity (Wildman–Crippen MR) is 129 cm³/mol. The second-order valence-corrected chi connectivity index (χ2v) is 8.82. The summed E-state index contributed by atoms with van der Waals surface area (Å²) in [4.78, 5) is 27.1. The molecule has 0 aliphatic carbocycles. The summed E-state index contributed by atoms with van der Waals surface area (Å²) in [5, 5.41) is 3.49. The third-order valence-corrected chi connectivity index (χ3v) is 6.64. The number of ether oxygens (including phenoxy) is 1. The lowest BCUT2D eigenvalue weighted by Crippen LogP contribution is -2.27. The van der Waals surface area contributed by atoms with Crippen molar-refractivity contribution >= 4 is 40.9 Å². The van der Waals surface area contributed by atoms with Crippen LogP contribution < -0.4 is 10.1 Å². The van der Waals surface area contributed by atoms with E-state index in [0.29, 0.717) is 40.9 Å². The zero-order valence-electron chi connectivity index (χ0n) is 17.6. The lowest BCUT2D eigenvalue weighted by Gasteiger charge is -2.24. The highest BCUT2D eigenvalue weighted by atomic mass is 35.5. The van der Waals surface area contributed by atoms with E-state index in [9.17, 15) is 9.59 Å². The largest absolute Gasteiger partial charge is 0.492 e. The minimum absolute atomic E-state index is 0.0889. The third kappa shape index (κ3) is 5.09. The maximum atomic E-state index is 12.7. The quantitative estimate of drug-likeness (QED) is 0.480. The Hall–Kier alpha value is -2.96. The van der Waals surface area contributed by atoms with E-state index in [0.717, 1.165) is 11.1 Å². The number of rotatable bonds is 7. The monoisotopic (exact) mass is 466 g/mol. The van der Waals surface area contributed by atoms with Gasteiger partial charge in [0, 0.05) is 17.1 Å². The molecule has 3 aromatic carbocycles. The Bertz CT molecular complexity index is 1100. The summed E-state index contributed by atoms with van der Waals surface area (Å²) < 4.78 is 5.58. The second-order valence-electron chi connectivity index (χ2n) is 7.32. The van der Waals surface area contributed by atoms with Gasteiger partial charge in [-0.1, -0.05) is 48.0 Å². The van der Waals surface area contributed by atoms with Gasteiger partial charge in [0.25, 0.3) is 5.91 Å². The molecule has 1 aliphatic heterocycles. The number of benzene rings is 3. The Balaban J connectivity index is 1.47. The van der Waals surface area contributed by atoms with E-state index >= 15 is 0 Å². The normalized spacial score (nSPS) is 15.6. The molecule has 3 aromatic rings. The van der Waals surface area contributed by atoms with Crippen LogP contribution in [0.5, 0.6) is 5.75 Å². The summed E-state index contributed by atoms with van der Waals surface area (Å²) in [6.45, 7) is 2.94. The number of carbonyl (C=O) groups is 2. The van der Waals surface area contributed by atoms with Crippen LogP contribution >= 0.6 is 23.4 Å². The van der Waals surface area contributed by atoms with Crippen LogP contribution in [0.15, 0.2) is 72.8 Å². The first kappa shape index (κ1) is 22.2. The summed E-state index contributed by atoms with van der Waals surface area (Å²) >= 11 is 7.56. The van der Waals surface area contributed by atoms with Crippen molar-refractivity contribution in [1.82, 2.24) is 4.90 Å². The molecule has 32 heavy (non-hydrogen) atoms. The molecule has 7 heteroatoms. The van der Waals surface area contributed by atoms with Crippen LogP contribution in [0.2, 0.25) is 5.02 Å². The topological polar surface area (TPSA) is 58.6 Å². The fourth-order valence-electron chi connectivity index (χ4n) is 3.53. The predicted octanol–water partition coefficient (Wildman–Crippen LogP) is 5.77. The number of nitrogens with zero attached hydrogens (tertiary/aromatic N) is 1. The van der Waals surface area contributed by atoms with Crippen LogP contribution in [-0.2, 0) is 11.3 Å². The minimum atomic E-state index is -0.211. The van der Waals surface area contributed by atoms with Crippen LogP contribution in [-0.4, -0.2) is 29.1 Å². The number of thioether (sulfide) groups is 1. The van der Waals surface area contributed by atoms with E-state index in [2.05, 4.69) is 5.32 Å². The van der Waals surface area contributed by atoms with Crippen LogP contribution in [0.4, 0.5) is 5.69 Å². The molecule has 5 nitrogen and oxygen atoms in total. The molecule has 1 saturated heterocycles. The number of hydrogen-bond donors (Lipinski definition) is 1. The van der Waals surface area contributed by atoms with Gasteiger partial charge in [-0.15, -0.1) is 11.8 Å². The van der Waals surface area contributed by atoms with E-state index in [1.54, 1.807) is 23.9 Å². The Labute approximate surface area is 196 Å². The highest BCUT2D eigenvalue weighted by Gasteiger charge is 2.32. The van der Waals surface area contributed by atoms with Gasteiger partial charge in [0.1, 0.15) is 11.1 Å². The molecule has 164 valence electrons. The second kappa shape index (κ2) is 10.1. The molecule has 1 N–H and O–H groups in total. The van der Waals surface area contributed by atoms with Gasteiger partial charge in [0.2, 0.25) is 5.91 Å². The SMILES string of the molecule is CCOc1ccccc1NC(=O)c1ccc([C@@H]2SCC(=O)N2Cc2ccc(Cl)cc2)cc1. The van der Waals surface area contributed by atoms with Gasteiger partial charge in [-0.2, -0.15) is 0 Å². The van der Waals surface area contributed by atoms with Gasteiger partial charge in [0.15, 0.2) is 0 Å². The smallest absolute Gasteiger partial charge is 0.255 e. The molecule has 0 aromatic heterocycles. The number of hydrogen-bond acceptors (Lipinski definition) is 4. The van der Waals surface area contributed by atoms with E-state index < -0.39 is 0 Å². The average molecular weight is 467 g/mol. The fraction of sp³-hybridized carbons (Fsp3) is 0.200. The molecule has 0 radical (unpaired) electrons. The first-order chi connectivity index (χ1) is 15.5. The number of para-hydroxylation sites is 2. The molecule has 1 atom stereocenters. The van der Waals surface area contributed by atoms with Crippen molar-refractivity contribution < 1.29 is 14.3 Å². The number of halogens is 1. The van der Waals surface area contributed by atoms with Crippen molar-refractivity contribution in [2.45, 2.75) is 18.8 Å². The summed E-state index contributed by atoms with van der Waals surface area (Å²) in [6.07, 6.45) is 0.